The highest BCUT2D eigenvalue weighted by molar-refractivity contribution is 7.26. The van der Waals surface area contributed by atoms with Crippen molar-refractivity contribution in [2.75, 3.05) is 4.90 Å². The van der Waals surface area contributed by atoms with E-state index in [1.165, 1.54) is 75.8 Å². The molecule has 2 heteroatoms. The Kier molecular flexibility index (Phi) is 8.79. The summed E-state index contributed by atoms with van der Waals surface area (Å²) in [5.41, 5.74) is 15.5. The van der Waals surface area contributed by atoms with Crippen molar-refractivity contribution in [1.82, 2.24) is 0 Å². The summed E-state index contributed by atoms with van der Waals surface area (Å²) in [6, 6.07) is 81.2. The van der Waals surface area contributed by atoms with Gasteiger partial charge in [0.05, 0.1) is 0 Å². The first-order chi connectivity index (χ1) is 27.7. The Labute approximate surface area is 332 Å². The van der Waals surface area contributed by atoms with Crippen LogP contribution in [0, 0.1) is 0 Å². The van der Waals surface area contributed by atoms with Gasteiger partial charge in [0.2, 0.25) is 0 Å². The van der Waals surface area contributed by atoms with Crippen LogP contribution in [-0.4, -0.2) is 0 Å². The second kappa shape index (κ2) is 14.7. The van der Waals surface area contributed by atoms with Crippen LogP contribution in [0.5, 0.6) is 0 Å². The average molecular weight is 732 g/mol. The molecule has 0 aliphatic heterocycles. The molecule has 0 aliphatic rings. The Morgan fingerprint density at radius 2 is 0.643 bits per heavy atom. The Morgan fingerprint density at radius 1 is 0.268 bits per heavy atom. The molecule has 1 heterocycles. The van der Waals surface area contributed by atoms with Crippen LogP contribution >= 0.6 is 11.3 Å². The molecule has 1 aromatic heterocycles. The van der Waals surface area contributed by atoms with E-state index in [0.717, 1.165) is 17.1 Å². The largest absolute Gasteiger partial charge is 0.311 e. The lowest BCUT2D eigenvalue weighted by Crippen LogP contribution is -2.09. The van der Waals surface area contributed by atoms with Crippen molar-refractivity contribution in [2.45, 2.75) is 0 Å². The molecule has 9 aromatic carbocycles. The number of hydrogen-bond donors (Lipinski definition) is 0. The SMILES string of the molecule is c1ccc(-c2ccc(N(c3ccc(-c4cccc(-c5ccccc5)c4)cc3)c3ccc(-c4cccc(-c5cccc6c5sc5ccccc56)c4)cc3)cc2)cc1. The lowest BCUT2D eigenvalue weighted by atomic mass is 9.97. The molecule has 10 rings (SSSR count). The molecule has 0 saturated carbocycles. The third-order valence-electron chi connectivity index (χ3n) is 10.7. The summed E-state index contributed by atoms with van der Waals surface area (Å²) in [5.74, 6) is 0. The summed E-state index contributed by atoms with van der Waals surface area (Å²) in [5, 5.41) is 2.65. The molecule has 0 atom stereocenters. The normalized spacial score (nSPS) is 11.2. The van der Waals surface area contributed by atoms with Gasteiger partial charge in [0.25, 0.3) is 0 Å². The molecule has 264 valence electrons. The van der Waals surface area contributed by atoms with E-state index < -0.39 is 0 Å². The van der Waals surface area contributed by atoms with Crippen molar-refractivity contribution in [1.29, 1.82) is 0 Å². The van der Waals surface area contributed by atoms with Crippen LogP contribution in [0.25, 0.3) is 75.8 Å². The summed E-state index contributed by atoms with van der Waals surface area (Å²) < 4.78 is 2.66. The fraction of sp³-hybridized carbons (Fsp3) is 0. The van der Waals surface area contributed by atoms with Crippen molar-refractivity contribution in [3.8, 4) is 55.6 Å². The first kappa shape index (κ1) is 33.6. The Bertz CT molecular complexity index is 2930. The zero-order valence-electron chi connectivity index (χ0n) is 30.7. The molecule has 0 radical (unpaired) electrons. The minimum absolute atomic E-state index is 1.10. The van der Waals surface area contributed by atoms with E-state index in [0.29, 0.717) is 0 Å². The first-order valence-corrected chi connectivity index (χ1v) is 19.9. The summed E-state index contributed by atoms with van der Waals surface area (Å²) in [4.78, 5) is 2.35. The predicted octanol–water partition coefficient (Wildman–Crippen LogP) is 15.9. The molecular formula is C54H37NS. The van der Waals surface area contributed by atoms with Gasteiger partial charge in [-0.15, -0.1) is 11.3 Å². The van der Waals surface area contributed by atoms with Crippen LogP contribution < -0.4 is 4.90 Å². The van der Waals surface area contributed by atoms with Gasteiger partial charge >= 0.3 is 0 Å². The lowest BCUT2D eigenvalue weighted by Gasteiger charge is -2.26. The van der Waals surface area contributed by atoms with E-state index in [2.05, 4.69) is 229 Å². The Morgan fingerprint density at radius 3 is 1.20 bits per heavy atom. The molecule has 0 unspecified atom stereocenters. The predicted molar refractivity (Wildman–Crippen MR) is 241 cm³/mol. The zero-order valence-corrected chi connectivity index (χ0v) is 31.5. The minimum atomic E-state index is 1.10. The third-order valence-corrected chi connectivity index (χ3v) is 11.9. The van der Waals surface area contributed by atoms with E-state index in [9.17, 15) is 0 Å². The monoisotopic (exact) mass is 731 g/mol. The van der Waals surface area contributed by atoms with Gasteiger partial charge in [0.1, 0.15) is 0 Å². The van der Waals surface area contributed by atoms with Gasteiger partial charge in [-0.1, -0.05) is 170 Å². The highest BCUT2D eigenvalue weighted by atomic mass is 32.1. The van der Waals surface area contributed by atoms with Crippen molar-refractivity contribution in [2.24, 2.45) is 0 Å². The molecule has 1 nitrogen and oxygen atoms in total. The maximum Gasteiger partial charge on any atom is 0.0462 e. The number of hydrogen-bond acceptors (Lipinski definition) is 2. The topological polar surface area (TPSA) is 3.24 Å². The Hall–Kier alpha value is -7.00. The van der Waals surface area contributed by atoms with E-state index in [4.69, 9.17) is 0 Å². The van der Waals surface area contributed by atoms with Crippen LogP contribution in [0.3, 0.4) is 0 Å². The van der Waals surface area contributed by atoms with Gasteiger partial charge in [-0.2, -0.15) is 0 Å². The van der Waals surface area contributed by atoms with Gasteiger partial charge < -0.3 is 4.90 Å². The maximum atomic E-state index is 2.35. The maximum absolute atomic E-state index is 2.35. The van der Waals surface area contributed by atoms with Crippen molar-refractivity contribution in [3.63, 3.8) is 0 Å². The summed E-state index contributed by atoms with van der Waals surface area (Å²) in [6.07, 6.45) is 0. The van der Waals surface area contributed by atoms with Crippen LogP contribution in [-0.2, 0) is 0 Å². The quantitative estimate of drug-likeness (QED) is 0.150. The van der Waals surface area contributed by atoms with Gasteiger partial charge in [0.15, 0.2) is 0 Å². The summed E-state index contributed by atoms with van der Waals surface area (Å²) in [6.45, 7) is 0. The average Bonchev–Trinajstić information content (AvgIpc) is 3.67. The van der Waals surface area contributed by atoms with Crippen LogP contribution in [0.2, 0.25) is 0 Å². The fourth-order valence-corrected chi connectivity index (χ4v) is 9.07. The van der Waals surface area contributed by atoms with Crippen molar-refractivity contribution in [3.05, 3.63) is 224 Å². The highest BCUT2D eigenvalue weighted by Crippen LogP contribution is 2.42. The van der Waals surface area contributed by atoms with Crippen molar-refractivity contribution >= 4 is 48.6 Å². The van der Waals surface area contributed by atoms with Crippen LogP contribution in [0.4, 0.5) is 17.1 Å². The molecule has 0 bridgehead atoms. The van der Waals surface area contributed by atoms with Crippen molar-refractivity contribution < 1.29 is 0 Å². The summed E-state index contributed by atoms with van der Waals surface area (Å²) in [7, 11) is 0. The first-order valence-electron chi connectivity index (χ1n) is 19.1. The molecule has 0 fully saturated rings. The van der Waals surface area contributed by atoms with Gasteiger partial charge in [0, 0.05) is 37.2 Å². The van der Waals surface area contributed by atoms with E-state index in [1.807, 2.05) is 11.3 Å². The number of benzene rings is 9. The smallest absolute Gasteiger partial charge is 0.0462 e. The molecule has 56 heavy (non-hydrogen) atoms. The second-order valence-electron chi connectivity index (χ2n) is 14.2. The molecule has 10 aromatic rings. The van der Waals surface area contributed by atoms with Gasteiger partial charge in [-0.25, -0.2) is 0 Å². The minimum Gasteiger partial charge on any atom is -0.311 e. The zero-order chi connectivity index (χ0) is 37.3. The second-order valence-corrected chi connectivity index (χ2v) is 15.2. The van der Waals surface area contributed by atoms with E-state index >= 15 is 0 Å². The number of fused-ring (bicyclic) bond motifs is 3. The lowest BCUT2D eigenvalue weighted by molar-refractivity contribution is 1.28. The molecule has 0 amide bonds. The summed E-state index contributed by atoms with van der Waals surface area (Å²) >= 11 is 1.88. The number of thiophene rings is 1. The van der Waals surface area contributed by atoms with Gasteiger partial charge in [-0.05, 0) is 110 Å². The fourth-order valence-electron chi connectivity index (χ4n) is 7.84. The highest BCUT2D eigenvalue weighted by Gasteiger charge is 2.15. The molecule has 0 N–H and O–H groups in total. The molecular weight excluding hydrogens is 695 g/mol. The molecule has 0 saturated heterocycles. The molecule has 0 aliphatic carbocycles. The number of anilines is 3. The van der Waals surface area contributed by atoms with E-state index in [-0.39, 0.29) is 0 Å². The van der Waals surface area contributed by atoms with Crippen LogP contribution in [0.15, 0.2) is 224 Å². The Balaban J connectivity index is 0.996. The van der Waals surface area contributed by atoms with Gasteiger partial charge in [-0.3, -0.25) is 0 Å². The number of nitrogens with zero attached hydrogens (tertiary/aromatic N) is 1. The third kappa shape index (κ3) is 6.47. The standard InChI is InChI=1S/C54H37NS/c1-3-12-38(13-4-1)40-24-30-47(31-25-40)55(48-32-26-41(27-33-48)44-17-9-16-43(36-44)39-14-5-2-6-15-39)49-34-28-42(29-35-49)45-18-10-19-46(37-45)50-21-11-22-52-51-20-7-8-23-53(51)56-54(50)52/h1-37H. The van der Waals surface area contributed by atoms with Crippen LogP contribution in [0.1, 0.15) is 0 Å². The van der Waals surface area contributed by atoms with E-state index in [1.54, 1.807) is 0 Å². The molecule has 0 spiro atoms. The number of rotatable bonds is 8.